The molecule has 1 aliphatic rings. The number of amides is 2. The number of para-hydroxylation sites is 1. The Morgan fingerprint density at radius 2 is 2.06 bits per heavy atom. The molecule has 1 fully saturated rings. The van der Waals surface area contributed by atoms with Crippen LogP contribution in [-0.4, -0.2) is 32.2 Å². The molecule has 1 aliphatic heterocycles. The van der Waals surface area contributed by atoms with Crippen LogP contribution in [0.3, 0.4) is 0 Å². The van der Waals surface area contributed by atoms with Crippen LogP contribution >= 0.6 is 11.6 Å². The fourth-order valence-electron chi connectivity index (χ4n) is 4.47. The van der Waals surface area contributed by atoms with Crippen LogP contribution in [0, 0.1) is 0 Å². The summed E-state index contributed by atoms with van der Waals surface area (Å²) < 4.78 is 7.88. The van der Waals surface area contributed by atoms with Gasteiger partial charge in [-0.3, -0.25) is 0 Å². The molecule has 0 aliphatic carbocycles. The van der Waals surface area contributed by atoms with Crippen molar-refractivity contribution in [3.63, 3.8) is 0 Å². The van der Waals surface area contributed by atoms with Crippen molar-refractivity contribution >= 4 is 28.6 Å². The molecular formula is C25H26ClN5O2. The van der Waals surface area contributed by atoms with Crippen LogP contribution < -0.4 is 5.32 Å². The Morgan fingerprint density at radius 1 is 1.24 bits per heavy atom. The molecule has 2 amide bonds. The minimum Gasteiger partial charge on any atom is -0.459 e. The fraction of sp³-hybridized carbons (Fsp3) is 0.320. The van der Waals surface area contributed by atoms with Crippen molar-refractivity contribution in [2.75, 3.05) is 6.54 Å². The molecular weight excluding hydrogens is 438 g/mol. The van der Waals surface area contributed by atoms with Crippen molar-refractivity contribution in [1.29, 1.82) is 0 Å². The van der Waals surface area contributed by atoms with E-state index in [1.54, 1.807) is 6.33 Å². The van der Waals surface area contributed by atoms with E-state index in [9.17, 15) is 4.79 Å². The minimum atomic E-state index is -0.196. The lowest BCUT2D eigenvalue weighted by molar-refractivity contribution is 0.183. The highest BCUT2D eigenvalue weighted by atomic mass is 35.5. The van der Waals surface area contributed by atoms with Crippen molar-refractivity contribution in [3.8, 4) is 0 Å². The lowest BCUT2D eigenvalue weighted by Gasteiger charge is -2.27. The molecule has 2 atom stereocenters. The average molecular weight is 464 g/mol. The molecule has 3 heterocycles. The van der Waals surface area contributed by atoms with E-state index in [0.29, 0.717) is 18.1 Å². The van der Waals surface area contributed by atoms with Crippen molar-refractivity contribution in [2.45, 2.75) is 44.8 Å². The van der Waals surface area contributed by atoms with Crippen LogP contribution in [0.2, 0.25) is 5.02 Å². The number of hydrogen-bond acceptors (Lipinski definition) is 4. The second kappa shape index (κ2) is 9.27. The molecule has 7 nitrogen and oxygen atoms in total. The topological polar surface area (TPSA) is 76.2 Å². The first kappa shape index (κ1) is 21.5. The summed E-state index contributed by atoms with van der Waals surface area (Å²) >= 11 is 6.01. The summed E-state index contributed by atoms with van der Waals surface area (Å²) in [6.45, 7) is 3.30. The van der Waals surface area contributed by atoms with Crippen LogP contribution in [0.25, 0.3) is 11.0 Å². The van der Waals surface area contributed by atoms with E-state index in [-0.39, 0.29) is 18.1 Å². The van der Waals surface area contributed by atoms with Crippen molar-refractivity contribution in [3.05, 3.63) is 83.1 Å². The lowest BCUT2D eigenvalue weighted by Crippen LogP contribution is -2.41. The average Bonchev–Trinajstić information content (AvgIpc) is 3.57. The Hall–Kier alpha value is -3.32. The van der Waals surface area contributed by atoms with Gasteiger partial charge >= 0.3 is 6.03 Å². The van der Waals surface area contributed by atoms with Gasteiger partial charge in [0.1, 0.15) is 23.5 Å². The molecule has 5 rings (SSSR count). The first-order chi connectivity index (χ1) is 16.1. The summed E-state index contributed by atoms with van der Waals surface area (Å²) in [4.78, 5) is 19.7. The predicted molar refractivity (Wildman–Crippen MR) is 127 cm³/mol. The van der Waals surface area contributed by atoms with Crippen LogP contribution in [0.5, 0.6) is 0 Å². The van der Waals surface area contributed by atoms with Gasteiger partial charge in [-0.05, 0) is 49.1 Å². The number of nitrogens with one attached hydrogen (secondary N) is 1. The quantitative estimate of drug-likeness (QED) is 0.396. The van der Waals surface area contributed by atoms with E-state index < -0.39 is 0 Å². The largest absolute Gasteiger partial charge is 0.459 e. The zero-order valence-corrected chi connectivity index (χ0v) is 19.2. The Labute approximate surface area is 197 Å². The summed E-state index contributed by atoms with van der Waals surface area (Å²) in [5, 5.41) is 9.33. The maximum Gasteiger partial charge on any atom is 0.318 e. The monoisotopic (exact) mass is 463 g/mol. The number of fused-ring (bicyclic) bond motifs is 1. The molecule has 1 saturated heterocycles. The lowest BCUT2D eigenvalue weighted by atomic mass is 10.1. The standard InChI is InChI=1S/C25H26ClN5O2/c1-2-20(23-14-18-6-3-4-8-22(18)33-23)29-25(32)30-13-5-7-21(30)24-27-16-28-31(24)15-17-9-11-19(26)12-10-17/h3-4,6,8-12,14,16,20-21H,2,5,7,13,15H2,1H3,(H,29,32)/t20-,21+/m0/s1. The van der Waals surface area contributed by atoms with E-state index in [2.05, 4.69) is 15.4 Å². The van der Waals surface area contributed by atoms with E-state index >= 15 is 0 Å². The number of aromatic nitrogens is 3. The predicted octanol–water partition coefficient (Wildman–Crippen LogP) is 5.72. The van der Waals surface area contributed by atoms with Gasteiger partial charge in [0.2, 0.25) is 0 Å². The molecule has 0 saturated carbocycles. The van der Waals surface area contributed by atoms with E-state index in [4.69, 9.17) is 16.0 Å². The van der Waals surface area contributed by atoms with Crippen molar-refractivity contribution in [1.82, 2.24) is 25.0 Å². The van der Waals surface area contributed by atoms with E-state index in [0.717, 1.165) is 47.4 Å². The normalized spacial score (nSPS) is 16.9. The van der Waals surface area contributed by atoms with E-state index in [1.807, 2.05) is 71.1 Å². The second-order valence-corrected chi connectivity index (χ2v) is 8.79. The Kier molecular flexibility index (Phi) is 6.05. The SMILES string of the molecule is CC[C@H](NC(=O)N1CCC[C@@H]1c1ncnn1Cc1ccc(Cl)cc1)c1cc2ccccc2o1. The summed E-state index contributed by atoms with van der Waals surface area (Å²) in [6.07, 6.45) is 4.07. The highest BCUT2D eigenvalue weighted by molar-refractivity contribution is 6.30. The zero-order valence-electron chi connectivity index (χ0n) is 18.4. The molecule has 2 aromatic carbocycles. The van der Waals surface area contributed by atoms with Gasteiger partial charge in [-0.2, -0.15) is 5.10 Å². The number of nitrogens with zero attached hydrogens (tertiary/aromatic N) is 4. The summed E-state index contributed by atoms with van der Waals surface area (Å²) in [6, 6.07) is 17.2. The number of benzene rings is 2. The molecule has 33 heavy (non-hydrogen) atoms. The molecule has 2 aromatic heterocycles. The van der Waals surface area contributed by atoms with Gasteiger partial charge in [-0.1, -0.05) is 48.9 Å². The summed E-state index contributed by atoms with van der Waals surface area (Å²) in [5.41, 5.74) is 1.91. The van der Waals surface area contributed by atoms with Gasteiger partial charge in [0.05, 0.1) is 18.6 Å². The molecule has 4 aromatic rings. The number of carbonyl (C=O) groups excluding carboxylic acids is 1. The number of carbonyl (C=O) groups is 1. The molecule has 0 bridgehead atoms. The Morgan fingerprint density at radius 3 is 2.85 bits per heavy atom. The summed E-state index contributed by atoms with van der Waals surface area (Å²) in [5.74, 6) is 1.57. The first-order valence-electron chi connectivity index (χ1n) is 11.3. The van der Waals surface area contributed by atoms with Crippen LogP contribution in [0.4, 0.5) is 4.79 Å². The van der Waals surface area contributed by atoms with Gasteiger partial charge in [0.15, 0.2) is 0 Å². The van der Waals surface area contributed by atoms with Crippen LogP contribution in [0.1, 0.15) is 55.4 Å². The van der Waals surface area contributed by atoms with E-state index in [1.165, 1.54) is 0 Å². The zero-order chi connectivity index (χ0) is 22.8. The van der Waals surface area contributed by atoms with Gasteiger partial charge in [0, 0.05) is 17.0 Å². The molecule has 0 spiro atoms. The fourth-order valence-corrected chi connectivity index (χ4v) is 4.60. The minimum absolute atomic E-state index is 0.106. The Balaban J connectivity index is 1.32. The first-order valence-corrected chi connectivity index (χ1v) is 11.7. The third-order valence-electron chi connectivity index (χ3n) is 6.20. The molecule has 1 N–H and O–H groups in total. The van der Waals surface area contributed by atoms with Crippen molar-refractivity contribution in [2.24, 2.45) is 0 Å². The third kappa shape index (κ3) is 4.46. The maximum atomic E-state index is 13.3. The van der Waals surface area contributed by atoms with Crippen LogP contribution in [0.15, 0.2) is 65.3 Å². The van der Waals surface area contributed by atoms with Gasteiger partial charge in [-0.15, -0.1) is 0 Å². The molecule has 0 unspecified atom stereocenters. The number of urea groups is 1. The van der Waals surface area contributed by atoms with Crippen molar-refractivity contribution < 1.29 is 9.21 Å². The summed E-state index contributed by atoms with van der Waals surface area (Å²) in [7, 11) is 0. The Bertz CT molecular complexity index is 1220. The van der Waals surface area contributed by atoms with Gasteiger partial charge < -0.3 is 14.6 Å². The highest BCUT2D eigenvalue weighted by Gasteiger charge is 2.34. The number of hydrogen-bond donors (Lipinski definition) is 1. The number of rotatable bonds is 6. The van der Waals surface area contributed by atoms with Gasteiger partial charge in [-0.25, -0.2) is 14.5 Å². The smallest absolute Gasteiger partial charge is 0.318 e. The number of furan rings is 1. The maximum absolute atomic E-state index is 13.3. The number of likely N-dealkylation sites (tertiary alicyclic amines) is 1. The highest BCUT2D eigenvalue weighted by Crippen LogP contribution is 2.32. The van der Waals surface area contributed by atoms with Crippen LogP contribution in [-0.2, 0) is 6.54 Å². The molecule has 0 radical (unpaired) electrons. The third-order valence-corrected chi connectivity index (χ3v) is 6.45. The van der Waals surface area contributed by atoms with Gasteiger partial charge in [0.25, 0.3) is 0 Å². The molecule has 8 heteroatoms. The number of halogens is 1. The second-order valence-electron chi connectivity index (χ2n) is 8.35. The molecule has 170 valence electrons.